The van der Waals surface area contributed by atoms with Crippen LogP contribution in [0, 0.1) is 19.8 Å². The molecule has 0 fully saturated rings. The van der Waals surface area contributed by atoms with Gasteiger partial charge in [-0.2, -0.15) is 0 Å². The fraction of sp³-hybridized carbons (Fsp3) is 0.321. The van der Waals surface area contributed by atoms with E-state index >= 15 is 0 Å². The molecular formula is C28H33N3O3. The normalized spacial score (nSPS) is 10.9. The lowest BCUT2D eigenvalue weighted by atomic mass is 9.88. The summed E-state index contributed by atoms with van der Waals surface area (Å²) in [6.07, 6.45) is 0.987. The van der Waals surface area contributed by atoms with E-state index in [9.17, 15) is 9.59 Å². The number of nitrogens with two attached hydrogens (primary N) is 1. The van der Waals surface area contributed by atoms with Gasteiger partial charge >= 0.3 is 5.97 Å². The Balaban J connectivity index is 1.98. The molecular weight excluding hydrogens is 426 g/mol. The average molecular weight is 460 g/mol. The number of rotatable bonds is 8. The van der Waals surface area contributed by atoms with Crippen molar-refractivity contribution in [2.45, 2.75) is 47.1 Å². The third kappa shape index (κ3) is 5.88. The molecule has 0 atom stereocenters. The van der Waals surface area contributed by atoms with E-state index in [1.807, 2.05) is 6.92 Å². The molecule has 2 aromatic carbocycles. The van der Waals surface area contributed by atoms with Gasteiger partial charge in [-0.1, -0.05) is 43.7 Å². The van der Waals surface area contributed by atoms with Crippen LogP contribution in [-0.4, -0.2) is 24.0 Å². The number of methoxy groups -OCH3 is 1. The number of esters is 1. The van der Waals surface area contributed by atoms with Crippen LogP contribution in [0.3, 0.4) is 0 Å². The molecule has 0 saturated heterocycles. The Morgan fingerprint density at radius 3 is 2.21 bits per heavy atom. The first-order chi connectivity index (χ1) is 16.2. The smallest absolute Gasteiger partial charge is 0.337 e. The monoisotopic (exact) mass is 459 g/mol. The molecule has 3 aromatic rings. The van der Waals surface area contributed by atoms with Gasteiger partial charge in [0.2, 0.25) is 5.91 Å². The van der Waals surface area contributed by atoms with Crippen molar-refractivity contribution in [3.63, 3.8) is 0 Å². The Bertz CT molecular complexity index is 1170. The fourth-order valence-corrected chi connectivity index (χ4v) is 4.08. The van der Waals surface area contributed by atoms with Gasteiger partial charge in [-0.05, 0) is 72.7 Å². The predicted octanol–water partition coefficient (Wildman–Crippen LogP) is 4.99. The third-order valence-electron chi connectivity index (χ3n) is 5.76. The van der Waals surface area contributed by atoms with E-state index < -0.39 is 5.97 Å². The molecule has 6 heteroatoms. The maximum Gasteiger partial charge on any atom is 0.337 e. The molecule has 1 aromatic heterocycles. The number of nitrogens with one attached hydrogen (secondary N) is 1. The van der Waals surface area contributed by atoms with Crippen molar-refractivity contribution >= 4 is 17.6 Å². The van der Waals surface area contributed by atoms with Crippen molar-refractivity contribution in [2.75, 3.05) is 12.4 Å². The summed E-state index contributed by atoms with van der Waals surface area (Å²) in [5.74, 6) is -0.146. The molecule has 0 unspecified atom stereocenters. The van der Waals surface area contributed by atoms with Crippen molar-refractivity contribution in [3.8, 4) is 11.1 Å². The van der Waals surface area contributed by atoms with Gasteiger partial charge in [0.15, 0.2) is 0 Å². The van der Waals surface area contributed by atoms with Crippen molar-refractivity contribution < 1.29 is 14.3 Å². The van der Waals surface area contributed by atoms with Crippen LogP contribution in [0.4, 0.5) is 5.69 Å². The van der Waals surface area contributed by atoms with Crippen molar-refractivity contribution in [2.24, 2.45) is 11.7 Å². The van der Waals surface area contributed by atoms with Crippen molar-refractivity contribution in [3.05, 3.63) is 82.2 Å². The number of pyridine rings is 1. The number of benzene rings is 2. The number of ether oxygens (including phenoxy) is 1. The summed E-state index contributed by atoms with van der Waals surface area (Å²) >= 11 is 0. The summed E-state index contributed by atoms with van der Waals surface area (Å²) in [6, 6.07) is 14.9. The minimum Gasteiger partial charge on any atom is -0.465 e. The van der Waals surface area contributed by atoms with Gasteiger partial charge in [0, 0.05) is 23.6 Å². The highest BCUT2D eigenvalue weighted by Crippen LogP contribution is 2.33. The van der Waals surface area contributed by atoms with E-state index in [2.05, 4.69) is 50.4 Å². The summed E-state index contributed by atoms with van der Waals surface area (Å²) in [5, 5.41) is 2.92. The Hall–Kier alpha value is -3.51. The Labute approximate surface area is 201 Å². The molecule has 3 rings (SSSR count). The zero-order valence-electron chi connectivity index (χ0n) is 20.6. The molecule has 0 aliphatic carbocycles. The van der Waals surface area contributed by atoms with Crippen molar-refractivity contribution in [1.29, 1.82) is 0 Å². The highest BCUT2D eigenvalue weighted by molar-refractivity contribution is 5.95. The summed E-state index contributed by atoms with van der Waals surface area (Å²) in [5.41, 5.74) is 14.2. The molecule has 0 bridgehead atoms. The van der Waals surface area contributed by atoms with Crippen LogP contribution in [-0.2, 0) is 28.9 Å². The first-order valence-electron chi connectivity index (χ1n) is 11.5. The lowest BCUT2D eigenvalue weighted by Crippen LogP contribution is -2.19. The van der Waals surface area contributed by atoms with E-state index in [1.165, 1.54) is 12.7 Å². The fourth-order valence-electron chi connectivity index (χ4n) is 4.08. The highest BCUT2D eigenvalue weighted by Gasteiger charge is 2.21. The van der Waals surface area contributed by atoms with E-state index in [1.54, 1.807) is 24.3 Å². The van der Waals surface area contributed by atoms with Crippen LogP contribution in [0.1, 0.15) is 52.3 Å². The van der Waals surface area contributed by atoms with Crippen LogP contribution < -0.4 is 11.1 Å². The molecule has 0 saturated carbocycles. The second-order valence-electron chi connectivity index (χ2n) is 8.94. The van der Waals surface area contributed by atoms with Crippen LogP contribution in [0.15, 0.2) is 48.5 Å². The number of hydrogen-bond acceptors (Lipinski definition) is 5. The topological polar surface area (TPSA) is 94.3 Å². The summed E-state index contributed by atoms with van der Waals surface area (Å²) in [4.78, 5) is 29.6. The maximum absolute atomic E-state index is 13.0. The molecule has 0 aliphatic heterocycles. The average Bonchev–Trinajstić information content (AvgIpc) is 2.80. The quantitative estimate of drug-likeness (QED) is 0.463. The first kappa shape index (κ1) is 25.1. The number of carbonyl (C=O) groups excluding carboxylic acids is 2. The number of carbonyl (C=O) groups is 2. The molecule has 0 spiro atoms. The standard InChI is InChI=1S/C28H33N3O3/c1-17(2)14-25-24(16-29)27(20-8-6-18(3)7-9-20)23(19(4)30-25)15-26(32)31-22-12-10-21(11-13-22)28(33)34-5/h6-13,17H,14-16,29H2,1-5H3,(H,31,32). The molecule has 178 valence electrons. The lowest BCUT2D eigenvalue weighted by molar-refractivity contribution is -0.115. The molecule has 6 nitrogen and oxygen atoms in total. The Kier molecular flexibility index (Phi) is 8.18. The first-order valence-corrected chi connectivity index (χ1v) is 11.5. The number of nitrogens with zero attached hydrogens (tertiary/aromatic N) is 1. The minimum atomic E-state index is -0.418. The third-order valence-corrected chi connectivity index (χ3v) is 5.76. The SMILES string of the molecule is COC(=O)c1ccc(NC(=O)Cc2c(C)nc(CC(C)C)c(CN)c2-c2ccc(C)cc2)cc1. The van der Waals surface area contributed by atoms with E-state index in [0.29, 0.717) is 23.7 Å². The number of aryl methyl sites for hydroxylation is 2. The van der Waals surface area contributed by atoms with Crippen LogP contribution in [0.2, 0.25) is 0 Å². The highest BCUT2D eigenvalue weighted by atomic mass is 16.5. The number of aromatic nitrogens is 1. The molecule has 0 radical (unpaired) electrons. The summed E-state index contributed by atoms with van der Waals surface area (Å²) in [7, 11) is 1.34. The van der Waals surface area contributed by atoms with Gasteiger partial charge in [0.25, 0.3) is 0 Å². The summed E-state index contributed by atoms with van der Waals surface area (Å²) in [6.45, 7) is 8.68. The molecule has 1 amide bonds. The molecule has 0 aliphatic rings. The molecule has 1 heterocycles. The van der Waals surface area contributed by atoms with Gasteiger partial charge < -0.3 is 15.8 Å². The van der Waals surface area contributed by atoms with Gasteiger partial charge in [-0.15, -0.1) is 0 Å². The second-order valence-corrected chi connectivity index (χ2v) is 8.94. The number of hydrogen-bond donors (Lipinski definition) is 2. The Morgan fingerprint density at radius 1 is 1.00 bits per heavy atom. The number of amides is 1. The lowest BCUT2D eigenvalue weighted by Gasteiger charge is -2.21. The number of anilines is 1. The van der Waals surface area contributed by atoms with Gasteiger partial charge in [0.1, 0.15) is 0 Å². The molecule has 3 N–H and O–H groups in total. The van der Waals surface area contributed by atoms with Gasteiger partial charge in [-0.25, -0.2) is 4.79 Å². The van der Waals surface area contributed by atoms with E-state index in [4.69, 9.17) is 15.5 Å². The summed E-state index contributed by atoms with van der Waals surface area (Å²) < 4.78 is 4.72. The maximum atomic E-state index is 13.0. The van der Waals surface area contributed by atoms with E-state index in [0.717, 1.165) is 40.1 Å². The largest absolute Gasteiger partial charge is 0.465 e. The zero-order chi connectivity index (χ0) is 24.8. The van der Waals surface area contributed by atoms with Crippen LogP contribution in [0.5, 0.6) is 0 Å². The van der Waals surface area contributed by atoms with Crippen molar-refractivity contribution in [1.82, 2.24) is 4.98 Å². The second kappa shape index (κ2) is 11.1. The van der Waals surface area contributed by atoms with E-state index in [-0.39, 0.29) is 12.3 Å². The zero-order valence-corrected chi connectivity index (χ0v) is 20.6. The van der Waals surface area contributed by atoms with Crippen LogP contribution in [0.25, 0.3) is 11.1 Å². The molecule has 34 heavy (non-hydrogen) atoms. The minimum absolute atomic E-state index is 0.162. The van der Waals surface area contributed by atoms with Gasteiger partial charge in [0.05, 0.1) is 19.1 Å². The predicted molar refractivity (Wildman–Crippen MR) is 136 cm³/mol. The van der Waals surface area contributed by atoms with Crippen LogP contribution >= 0.6 is 0 Å². The Morgan fingerprint density at radius 2 is 1.65 bits per heavy atom. The van der Waals surface area contributed by atoms with Gasteiger partial charge in [-0.3, -0.25) is 9.78 Å².